The van der Waals surface area contributed by atoms with Crippen molar-refractivity contribution >= 4 is 11.0 Å². The molecule has 0 saturated heterocycles. The number of aromatic nitrogens is 3. The molecule has 0 atom stereocenters. The van der Waals surface area contributed by atoms with E-state index in [1.807, 2.05) is 18.2 Å². The Hall–Kier alpha value is -4.31. The maximum atomic E-state index is 14.4. The van der Waals surface area contributed by atoms with Crippen LogP contribution in [0, 0.1) is 23.0 Å². The number of halogens is 2. The van der Waals surface area contributed by atoms with Crippen LogP contribution in [0.1, 0.15) is 5.56 Å². The first-order valence-corrected chi connectivity index (χ1v) is 9.03. The second-order valence-electron chi connectivity index (χ2n) is 6.68. The highest BCUT2D eigenvalue weighted by Crippen LogP contribution is 2.38. The van der Waals surface area contributed by atoms with Gasteiger partial charge in [-0.2, -0.15) is 5.26 Å². The summed E-state index contributed by atoms with van der Waals surface area (Å²) in [4.78, 5) is 7.52. The van der Waals surface area contributed by atoms with E-state index >= 15 is 0 Å². The minimum Gasteiger partial charge on any atom is -0.356 e. The molecule has 30 heavy (non-hydrogen) atoms. The van der Waals surface area contributed by atoms with E-state index in [1.165, 1.54) is 18.3 Å². The van der Waals surface area contributed by atoms with Crippen molar-refractivity contribution in [2.45, 2.75) is 0 Å². The molecule has 144 valence electrons. The highest BCUT2D eigenvalue weighted by molar-refractivity contribution is 5.97. The Morgan fingerprint density at radius 2 is 1.77 bits per heavy atom. The van der Waals surface area contributed by atoms with Gasteiger partial charge in [-0.25, -0.2) is 13.8 Å². The molecule has 3 heterocycles. The monoisotopic (exact) mass is 398 g/mol. The molecule has 7 heteroatoms. The minimum absolute atomic E-state index is 0.0665. The van der Waals surface area contributed by atoms with Crippen molar-refractivity contribution in [2.24, 2.45) is 0 Å². The average molecular weight is 398 g/mol. The minimum atomic E-state index is -0.960. The number of H-pyrrole nitrogens is 1. The van der Waals surface area contributed by atoms with E-state index in [1.54, 1.807) is 24.5 Å². The maximum absolute atomic E-state index is 14.4. The number of benzene rings is 2. The topological polar surface area (TPSA) is 78.5 Å². The molecule has 1 N–H and O–H groups in total. The van der Waals surface area contributed by atoms with Gasteiger partial charge >= 0.3 is 0 Å². The molecule has 0 fully saturated rings. The Morgan fingerprint density at radius 3 is 2.57 bits per heavy atom. The van der Waals surface area contributed by atoms with Gasteiger partial charge in [-0.3, -0.25) is 0 Å². The summed E-state index contributed by atoms with van der Waals surface area (Å²) < 4.78 is 33.5. The summed E-state index contributed by atoms with van der Waals surface area (Å²) in [6, 6.07) is 15.1. The van der Waals surface area contributed by atoms with E-state index in [9.17, 15) is 8.78 Å². The average Bonchev–Trinajstić information content (AvgIpc) is 3.42. The van der Waals surface area contributed by atoms with Crippen LogP contribution < -0.4 is 0 Å². The van der Waals surface area contributed by atoms with Crippen LogP contribution in [0.25, 0.3) is 44.6 Å². The fourth-order valence-electron chi connectivity index (χ4n) is 3.42. The molecule has 0 bridgehead atoms. The Kier molecular flexibility index (Phi) is 4.11. The van der Waals surface area contributed by atoms with Crippen LogP contribution in [-0.4, -0.2) is 15.1 Å². The van der Waals surface area contributed by atoms with Crippen LogP contribution in [0.4, 0.5) is 8.78 Å². The molecule has 0 spiro atoms. The molecule has 0 aliphatic carbocycles. The summed E-state index contributed by atoms with van der Waals surface area (Å²) in [6.07, 6.45) is 4.78. The number of aromatic amines is 1. The summed E-state index contributed by atoms with van der Waals surface area (Å²) in [5.74, 6) is -1.59. The van der Waals surface area contributed by atoms with E-state index in [0.29, 0.717) is 28.1 Å². The molecule has 0 saturated carbocycles. The highest BCUT2D eigenvalue weighted by atomic mass is 19.2. The van der Waals surface area contributed by atoms with Crippen LogP contribution in [0.2, 0.25) is 0 Å². The number of hydrogen-bond acceptors (Lipinski definition) is 4. The number of nitrogens with one attached hydrogen (secondary N) is 1. The zero-order valence-electron chi connectivity index (χ0n) is 15.4. The third-order valence-electron chi connectivity index (χ3n) is 4.94. The largest absolute Gasteiger partial charge is 0.356 e. The summed E-state index contributed by atoms with van der Waals surface area (Å²) >= 11 is 0. The van der Waals surface area contributed by atoms with Gasteiger partial charge in [0.2, 0.25) is 0 Å². The van der Waals surface area contributed by atoms with Gasteiger partial charge in [0, 0.05) is 34.5 Å². The van der Waals surface area contributed by atoms with Gasteiger partial charge in [0.1, 0.15) is 5.65 Å². The lowest BCUT2D eigenvalue weighted by Crippen LogP contribution is -1.89. The molecule has 0 aliphatic heterocycles. The van der Waals surface area contributed by atoms with Gasteiger partial charge in [0.15, 0.2) is 17.4 Å². The molecule has 5 nitrogen and oxygen atoms in total. The molecular formula is C23H12F2N4O. The van der Waals surface area contributed by atoms with Crippen molar-refractivity contribution in [3.63, 3.8) is 0 Å². The van der Waals surface area contributed by atoms with Crippen molar-refractivity contribution in [1.82, 2.24) is 15.1 Å². The Bertz CT molecular complexity index is 1430. The number of fused-ring (bicyclic) bond motifs is 1. The maximum Gasteiger partial charge on any atom is 0.176 e. The van der Waals surface area contributed by atoms with E-state index in [2.05, 4.69) is 21.2 Å². The van der Waals surface area contributed by atoms with E-state index < -0.39 is 11.6 Å². The molecule has 0 amide bonds. The lowest BCUT2D eigenvalue weighted by atomic mass is 10.0. The van der Waals surface area contributed by atoms with Gasteiger partial charge in [0.25, 0.3) is 0 Å². The fourth-order valence-corrected chi connectivity index (χ4v) is 3.42. The number of hydrogen-bond donors (Lipinski definition) is 1. The number of nitrogens with zero attached hydrogens (tertiary/aromatic N) is 3. The van der Waals surface area contributed by atoms with Gasteiger partial charge in [-0.15, -0.1) is 0 Å². The van der Waals surface area contributed by atoms with Crippen molar-refractivity contribution in [1.29, 1.82) is 5.26 Å². The van der Waals surface area contributed by atoms with Gasteiger partial charge < -0.3 is 9.51 Å². The van der Waals surface area contributed by atoms with Crippen molar-refractivity contribution < 1.29 is 13.3 Å². The molecule has 5 rings (SSSR count). The lowest BCUT2D eigenvalue weighted by Gasteiger charge is -2.05. The summed E-state index contributed by atoms with van der Waals surface area (Å²) in [6.45, 7) is 0. The first kappa shape index (κ1) is 17.8. The third-order valence-corrected chi connectivity index (χ3v) is 4.94. The third kappa shape index (κ3) is 2.83. The molecule has 0 unspecified atom stereocenters. The summed E-state index contributed by atoms with van der Waals surface area (Å²) in [5, 5.41) is 13.5. The van der Waals surface area contributed by atoms with Gasteiger partial charge in [-0.05, 0) is 29.8 Å². The smallest absolute Gasteiger partial charge is 0.176 e. The van der Waals surface area contributed by atoms with E-state index in [-0.39, 0.29) is 5.56 Å². The van der Waals surface area contributed by atoms with Crippen LogP contribution >= 0.6 is 0 Å². The molecule has 2 aromatic carbocycles. The quantitative estimate of drug-likeness (QED) is 0.423. The Morgan fingerprint density at radius 1 is 0.933 bits per heavy atom. The highest BCUT2D eigenvalue weighted by Gasteiger charge is 2.21. The second-order valence-corrected chi connectivity index (χ2v) is 6.68. The van der Waals surface area contributed by atoms with Crippen molar-refractivity contribution in [3.05, 3.63) is 84.3 Å². The number of rotatable bonds is 3. The first-order chi connectivity index (χ1) is 14.7. The van der Waals surface area contributed by atoms with Crippen LogP contribution in [0.3, 0.4) is 0 Å². The fraction of sp³-hybridized carbons (Fsp3) is 0. The SMILES string of the molecule is N#Cc1ccc(-c2cnc3[nH]cc(-c4oncc4-c4cccc(F)c4F)c3c2)cc1. The number of pyridine rings is 1. The van der Waals surface area contributed by atoms with Gasteiger partial charge in [-0.1, -0.05) is 29.4 Å². The van der Waals surface area contributed by atoms with Crippen LogP contribution in [0.15, 0.2) is 71.6 Å². The summed E-state index contributed by atoms with van der Waals surface area (Å²) in [7, 11) is 0. The first-order valence-electron chi connectivity index (χ1n) is 9.03. The van der Waals surface area contributed by atoms with Crippen LogP contribution in [-0.2, 0) is 0 Å². The standard InChI is InChI=1S/C23H12F2N4O/c24-20-3-1-2-16(21(20)25)19-12-29-30-22(19)18-11-28-23-17(18)8-15(10-27-23)14-6-4-13(9-26)5-7-14/h1-8,10-12H,(H,27,28). The second kappa shape index (κ2) is 6.94. The molecule has 0 radical (unpaired) electrons. The molecular weight excluding hydrogens is 386 g/mol. The van der Waals surface area contributed by atoms with Gasteiger partial charge in [0.05, 0.1) is 23.4 Å². The van der Waals surface area contributed by atoms with Crippen molar-refractivity contribution in [2.75, 3.05) is 0 Å². The van der Waals surface area contributed by atoms with E-state index in [4.69, 9.17) is 9.78 Å². The predicted molar refractivity (Wildman–Crippen MR) is 107 cm³/mol. The zero-order chi connectivity index (χ0) is 20.7. The predicted octanol–water partition coefficient (Wildman–Crippen LogP) is 5.70. The summed E-state index contributed by atoms with van der Waals surface area (Å²) in [5.41, 5.74) is 3.95. The molecule has 0 aliphatic rings. The van der Waals surface area contributed by atoms with Crippen molar-refractivity contribution in [3.8, 4) is 39.6 Å². The Balaban J connectivity index is 1.65. The normalized spacial score (nSPS) is 11.0. The zero-order valence-corrected chi connectivity index (χ0v) is 15.4. The molecule has 5 aromatic rings. The Labute approximate surface area is 169 Å². The number of nitriles is 1. The molecule has 3 aromatic heterocycles. The lowest BCUT2D eigenvalue weighted by molar-refractivity contribution is 0.432. The van der Waals surface area contributed by atoms with Crippen LogP contribution in [0.5, 0.6) is 0 Å². The van der Waals surface area contributed by atoms with E-state index in [0.717, 1.165) is 22.6 Å².